The Morgan fingerprint density at radius 1 is 0.440 bits per heavy atom. The van der Waals surface area contributed by atoms with Gasteiger partial charge in [-0.2, -0.15) is 15.8 Å². The van der Waals surface area contributed by atoms with Gasteiger partial charge in [0, 0.05) is 33.3 Å². The maximum absolute atomic E-state index is 10.4. The van der Waals surface area contributed by atoms with Crippen molar-refractivity contribution in [1.82, 2.24) is 14.1 Å². The Morgan fingerprint density at radius 3 is 1.66 bits per heavy atom. The quantitative estimate of drug-likeness (QED) is 0.192. The minimum atomic E-state index is 0.490. The molecule has 0 bridgehead atoms. The van der Waals surface area contributed by atoms with E-state index in [0.717, 1.165) is 71.7 Å². The van der Waals surface area contributed by atoms with Gasteiger partial charge in [-0.05, 0) is 65.2 Å². The van der Waals surface area contributed by atoms with Crippen LogP contribution in [0.1, 0.15) is 16.7 Å². The highest BCUT2D eigenvalue weighted by atomic mass is 15.0. The molecule has 6 nitrogen and oxygen atoms in total. The number of para-hydroxylation sites is 3. The summed E-state index contributed by atoms with van der Waals surface area (Å²) in [5, 5.41) is 34.0. The van der Waals surface area contributed by atoms with E-state index < -0.39 is 0 Å². The van der Waals surface area contributed by atoms with Crippen LogP contribution in [0.4, 0.5) is 0 Å². The van der Waals surface area contributed by atoms with Crippen molar-refractivity contribution in [3.63, 3.8) is 0 Å². The number of rotatable bonds is 4. The van der Waals surface area contributed by atoms with Crippen LogP contribution in [0.2, 0.25) is 0 Å². The van der Waals surface area contributed by atoms with E-state index in [9.17, 15) is 15.8 Å². The van der Waals surface area contributed by atoms with Crippen molar-refractivity contribution in [2.75, 3.05) is 0 Å². The molecule has 230 valence electrons. The number of hydrogen-bond acceptors (Lipinski definition) is 4. The maximum Gasteiger partial charge on any atom is 0.145 e. The normalized spacial score (nSPS) is 11.1. The van der Waals surface area contributed by atoms with Gasteiger partial charge >= 0.3 is 0 Å². The van der Waals surface area contributed by atoms with Crippen molar-refractivity contribution in [3.8, 4) is 51.8 Å². The van der Waals surface area contributed by atoms with Crippen molar-refractivity contribution < 1.29 is 0 Å². The van der Waals surface area contributed by atoms with E-state index in [2.05, 4.69) is 81.9 Å². The number of hydrogen-bond donors (Lipinski definition) is 0. The average Bonchev–Trinajstić information content (AvgIpc) is 3.70. The minimum absolute atomic E-state index is 0.490. The second-order valence-corrected chi connectivity index (χ2v) is 12.2. The molecule has 3 heterocycles. The number of benzene rings is 6. The van der Waals surface area contributed by atoms with E-state index >= 15 is 0 Å². The number of nitriles is 3. The first-order chi connectivity index (χ1) is 24.7. The zero-order chi connectivity index (χ0) is 33.8. The van der Waals surface area contributed by atoms with Crippen LogP contribution in [0.15, 0.2) is 146 Å². The standard InChI is InChI=1S/C44H24N6/c45-24-28-13-19-34(43(22-28)50-42-12-6-3-9-37(42)38-21-29(25-46)27-48-44(38)50)31-16-14-30(15-17-31)32-18-20-39(33(23-32)26-47)49-40-10-4-1-7-35(40)36-8-2-5-11-41(36)49/h1-23,27H. The molecule has 0 saturated heterocycles. The molecular weight excluding hydrogens is 613 g/mol. The van der Waals surface area contributed by atoms with E-state index in [4.69, 9.17) is 4.98 Å². The molecule has 0 unspecified atom stereocenters. The molecule has 9 rings (SSSR count). The molecule has 6 aromatic carbocycles. The van der Waals surface area contributed by atoms with Gasteiger partial charge in [-0.15, -0.1) is 0 Å². The van der Waals surface area contributed by atoms with Gasteiger partial charge in [0.15, 0.2) is 0 Å². The number of pyridine rings is 1. The first-order valence-electron chi connectivity index (χ1n) is 16.1. The number of aromatic nitrogens is 3. The predicted molar refractivity (Wildman–Crippen MR) is 198 cm³/mol. The zero-order valence-electron chi connectivity index (χ0n) is 26.5. The van der Waals surface area contributed by atoms with Crippen LogP contribution in [0.25, 0.3) is 77.4 Å². The third-order valence-electron chi connectivity index (χ3n) is 9.48. The highest BCUT2D eigenvalue weighted by molar-refractivity contribution is 6.10. The van der Waals surface area contributed by atoms with Gasteiger partial charge in [0.2, 0.25) is 0 Å². The Kier molecular flexibility index (Phi) is 6.53. The molecule has 0 fully saturated rings. The summed E-state index contributed by atoms with van der Waals surface area (Å²) >= 11 is 0. The van der Waals surface area contributed by atoms with Gasteiger partial charge < -0.3 is 4.57 Å². The Labute approximate surface area is 287 Å². The highest BCUT2D eigenvalue weighted by Gasteiger charge is 2.19. The first kappa shape index (κ1) is 28.7. The third kappa shape index (κ3) is 4.36. The van der Waals surface area contributed by atoms with Gasteiger partial charge in [-0.3, -0.25) is 4.57 Å². The molecule has 0 N–H and O–H groups in total. The highest BCUT2D eigenvalue weighted by Crippen LogP contribution is 2.38. The lowest BCUT2D eigenvalue weighted by Gasteiger charge is -2.15. The molecule has 0 aliphatic heterocycles. The molecule has 9 aromatic rings. The van der Waals surface area contributed by atoms with Crippen molar-refractivity contribution in [1.29, 1.82) is 15.8 Å². The van der Waals surface area contributed by atoms with Crippen LogP contribution in [-0.2, 0) is 0 Å². The lowest BCUT2D eigenvalue weighted by Crippen LogP contribution is -2.00. The summed E-state index contributed by atoms with van der Waals surface area (Å²) in [5.41, 5.74) is 10.9. The molecule has 0 radical (unpaired) electrons. The van der Waals surface area contributed by atoms with Crippen LogP contribution >= 0.6 is 0 Å². The summed E-state index contributed by atoms with van der Waals surface area (Å²) in [7, 11) is 0. The molecule has 3 aromatic heterocycles. The zero-order valence-corrected chi connectivity index (χ0v) is 26.5. The van der Waals surface area contributed by atoms with Crippen LogP contribution in [0.3, 0.4) is 0 Å². The van der Waals surface area contributed by atoms with Gasteiger partial charge in [-0.1, -0.05) is 91.0 Å². The van der Waals surface area contributed by atoms with Crippen LogP contribution in [0.5, 0.6) is 0 Å². The van der Waals surface area contributed by atoms with Crippen molar-refractivity contribution in [2.24, 2.45) is 0 Å². The van der Waals surface area contributed by atoms with Crippen molar-refractivity contribution in [3.05, 3.63) is 162 Å². The second-order valence-electron chi connectivity index (χ2n) is 12.2. The molecule has 0 amide bonds. The largest absolute Gasteiger partial charge is 0.308 e. The monoisotopic (exact) mass is 636 g/mol. The van der Waals surface area contributed by atoms with E-state index in [0.29, 0.717) is 22.3 Å². The van der Waals surface area contributed by atoms with E-state index in [1.807, 2.05) is 84.9 Å². The smallest absolute Gasteiger partial charge is 0.145 e. The molecule has 6 heteroatoms. The van der Waals surface area contributed by atoms with Crippen LogP contribution < -0.4 is 0 Å². The van der Waals surface area contributed by atoms with Crippen LogP contribution in [-0.4, -0.2) is 14.1 Å². The molecule has 0 spiro atoms. The summed E-state index contributed by atoms with van der Waals surface area (Å²) in [5.74, 6) is 0. The second kappa shape index (κ2) is 11.4. The fraction of sp³-hybridized carbons (Fsp3) is 0. The molecular formula is C44H24N6. The van der Waals surface area contributed by atoms with Gasteiger partial charge in [0.25, 0.3) is 0 Å². The Hall–Kier alpha value is -7.46. The third-order valence-corrected chi connectivity index (χ3v) is 9.48. The number of nitrogens with zero attached hydrogens (tertiary/aromatic N) is 6. The summed E-state index contributed by atoms with van der Waals surface area (Å²) in [6.45, 7) is 0. The van der Waals surface area contributed by atoms with Gasteiger partial charge in [0.05, 0.1) is 50.7 Å². The topological polar surface area (TPSA) is 94.1 Å². The van der Waals surface area contributed by atoms with Crippen molar-refractivity contribution >= 4 is 43.7 Å². The fourth-order valence-electron chi connectivity index (χ4n) is 7.20. The summed E-state index contributed by atoms with van der Waals surface area (Å²) in [6.07, 6.45) is 1.59. The molecule has 0 saturated carbocycles. The predicted octanol–water partition coefficient (Wildman–Crippen LogP) is 10.2. The summed E-state index contributed by atoms with van der Waals surface area (Å²) in [4.78, 5) is 4.71. The fourth-order valence-corrected chi connectivity index (χ4v) is 7.20. The molecule has 0 atom stereocenters. The summed E-state index contributed by atoms with van der Waals surface area (Å²) < 4.78 is 4.25. The number of fused-ring (bicyclic) bond motifs is 6. The average molecular weight is 637 g/mol. The minimum Gasteiger partial charge on any atom is -0.308 e. The lowest BCUT2D eigenvalue weighted by molar-refractivity contribution is 1.13. The van der Waals surface area contributed by atoms with Crippen molar-refractivity contribution in [2.45, 2.75) is 0 Å². The van der Waals surface area contributed by atoms with Gasteiger partial charge in [0.1, 0.15) is 17.8 Å². The molecule has 0 aliphatic rings. The first-order valence-corrected chi connectivity index (χ1v) is 16.1. The Bertz CT molecular complexity index is 2910. The Balaban J connectivity index is 1.16. The van der Waals surface area contributed by atoms with E-state index in [1.165, 1.54) is 0 Å². The Morgan fingerprint density at radius 2 is 1.02 bits per heavy atom. The van der Waals surface area contributed by atoms with Gasteiger partial charge in [-0.25, -0.2) is 4.98 Å². The molecule has 50 heavy (non-hydrogen) atoms. The lowest BCUT2D eigenvalue weighted by atomic mass is 9.97. The van der Waals surface area contributed by atoms with E-state index in [-0.39, 0.29) is 0 Å². The van der Waals surface area contributed by atoms with Crippen LogP contribution in [0, 0.1) is 34.0 Å². The SMILES string of the molecule is N#Cc1ccc(-c2ccc(-c3ccc(-n4c5ccccc5c5ccccc54)c(C#N)c3)cc2)c(-n2c3ccccc3c3cc(C#N)cnc32)c1. The summed E-state index contributed by atoms with van der Waals surface area (Å²) in [6, 6.07) is 53.5. The maximum atomic E-state index is 10.4. The van der Waals surface area contributed by atoms with E-state index in [1.54, 1.807) is 6.20 Å². The molecule has 0 aliphatic carbocycles.